The van der Waals surface area contributed by atoms with Crippen LogP contribution in [0.2, 0.25) is 0 Å². The molecule has 3 nitrogen and oxygen atoms in total. The molecular formula is C9H11ClFN3. The first kappa shape index (κ1) is 10.8. The number of hydrogen-bond donors (Lipinski definition) is 1. The van der Waals surface area contributed by atoms with E-state index in [0.29, 0.717) is 11.5 Å². The van der Waals surface area contributed by atoms with Crippen molar-refractivity contribution in [2.45, 2.75) is 13.5 Å². The summed E-state index contributed by atoms with van der Waals surface area (Å²) in [5, 5.41) is 0. The van der Waals surface area contributed by atoms with Gasteiger partial charge in [0.05, 0.1) is 11.0 Å². The van der Waals surface area contributed by atoms with E-state index in [0.717, 1.165) is 12.1 Å². The van der Waals surface area contributed by atoms with E-state index in [-0.39, 0.29) is 18.2 Å². The number of nitrogen functional groups attached to an aromatic ring is 1. The molecule has 0 amide bonds. The van der Waals surface area contributed by atoms with Crippen LogP contribution >= 0.6 is 12.4 Å². The molecule has 0 radical (unpaired) electrons. The van der Waals surface area contributed by atoms with Crippen LogP contribution in [-0.2, 0) is 6.54 Å². The molecule has 0 atom stereocenters. The summed E-state index contributed by atoms with van der Waals surface area (Å²) in [6.07, 6.45) is 0. The number of aromatic nitrogens is 2. The van der Waals surface area contributed by atoms with Gasteiger partial charge in [0.1, 0.15) is 5.82 Å². The largest absolute Gasteiger partial charge is 0.369 e. The van der Waals surface area contributed by atoms with Crippen molar-refractivity contribution in [2.75, 3.05) is 5.73 Å². The van der Waals surface area contributed by atoms with Gasteiger partial charge in [-0.15, -0.1) is 12.4 Å². The molecule has 0 aliphatic heterocycles. The molecule has 5 heteroatoms. The highest BCUT2D eigenvalue weighted by molar-refractivity contribution is 5.85. The van der Waals surface area contributed by atoms with Crippen LogP contribution in [0.25, 0.3) is 11.0 Å². The van der Waals surface area contributed by atoms with E-state index in [1.807, 2.05) is 11.5 Å². The number of nitrogens with zero attached hydrogens (tertiary/aromatic N) is 2. The Balaban J connectivity index is 0.000000980. The fourth-order valence-electron chi connectivity index (χ4n) is 1.45. The van der Waals surface area contributed by atoms with Gasteiger partial charge in [0, 0.05) is 12.6 Å². The number of fused-ring (bicyclic) bond motifs is 1. The summed E-state index contributed by atoms with van der Waals surface area (Å²) in [5.41, 5.74) is 7.13. The molecule has 0 saturated heterocycles. The Morgan fingerprint density at radius 2 is 2.21 bits per heavy atom. The van der Waals surface area contributed by atoms with Crippen molar-refractivity contribution in [2.24, 2.45) is 0 Å². The van der Waals surface area contributed by atoms with E-state index < -0.39 is 0 Å². The third-order valence-electron chi connectivity index (χ3n) is 2.06. The smallest absolute Gasteiger partial charge is 0.201 e. The number of nitrogens with two attached hydrogens (primary N) is 1. The minimum Gasteiger partial charge on any atom is -0.369 e. The number of halogens is 2. The molecular weight excluding hydrogens is 205 g/mol. The zero-order chi connectivity index (χ0) is 9.42. The van der Waals surface area contributed by atoms with Gasteiger partial charge in [-0.3, -0.25) is 0 Å². The van der Waals surface area contributed by atoms with Gasteiger partial charge < -0.3 is 10.3 Å². The zero-order valence-electron chi connectivity index (χ0n) is 7.70. The third-order valence-corrected chi connectivity index (χ3v) is 2.06. The molecule has 1 aromatic carbocycles. The maximum atomic E-state index is 12.8. The second-order valence-electron chi connectivity index (χ2n) is 2.85. The van der Waals surface area contributed by atoms with Crippen molar-refractivity contribution in [3.8, 4) is 0 Å². The van der Waals surface area contributed by atoms with E-state index in [1.54, 1.807) is 6.07 Å². The van der Waals surface area contributed by atoms with Gasteiger partial charge >= 0.3 is 0 Å². The molecule has 2 aromatic rings. The highest BCUT2D eigenvalue weighted by Gasteiger charge is 2.06. The molecule has 0 unspecified atom stereocenters. The molecule has 14 heavy (non-hydrogen) atoms. The first-order valence-electron chi connectivity index (χ1n) is 4.13. The maximum absolute atomic E-state index is 12.8. The summed E-state index contributed by atoms with van der Waals surface area (Å²) >= 11 is 0. The van der Waals surface area contributed by atoms with Gasteiger partial charge in [0.15, 0.2) is 0 Å². The van der Waals surface area contributed by atoms with E-state index in [1.165, 1.54) is 12.1 Å². The molecule has 1 aromatic heterocycles. The molecule has 2 N–H and O–H groups in total. The lowest BCUT2D eigenvalue weighted by Crippen LogP contribution is -2.00. The van der Waals surface area contributed by atoms with Crippen molar-refractivity contribution >= 4 is 29.4 Å². The van der Waals surface area contributed by atoms with Gasteiger partial charge in [-0.1, -0.05) is 0 Å². The molecule has 1 heterocycles. The minimum absolute atomic E-state index is 0. The second kappa shape index (κ2) is 3.84. The highest BCUT2D eigenvalue weighted by Crippen LogP contribution is 2.18. The predicted octanol–water partition coefficient (Wildman–Crippen LogP) is 2.20. The molecule has 0 aliphatic carbocycles. The van der Waals surface area contributed by atoms with Gasteiger partial charge in [-0.05, 0) is 19.1 Å². The van der Waals surface area contributed by atoms with Crippen LogP contribution in [0, 0.1) is 5.82 Å². The van der Waals surface area contributed by atoms with E-state index in [4.69, 9.17) is 5.73 Å². The van der Waals surface area contributed by atoms with Crippen LogP contribution in [-0.4, -0.2) is 9.55 Å². The normalized spacial score (nSPS) is 10.1. The number of anilines is 1. The molecule has 0 aliphatic rings. The SMILES string of the molecule is CCn1c(N)nc2cc(F)ccc21.Cl. The summed E-state index contributed by atoms with van der Waals surface area (Å²) in [5.74, 6) is 0.149. The van der Waals surface area contributed by atoms with Gasteiger partial charge in [0.2, 0.25) is 5.95 Å². The van der Waals surface area contributed by atoms with Crippen LogP contribution in [0.3, 0.4) is 0 Å². The second-order valence-corrected chi connectivity index (χ2v) is 2.85. The standard InChI is InChI=1S/C9H10FN3.ClH/c1-2-13-8-4-3-6(10)5-7(8)12-9(13)11;/h3-5H,2H2,1H3,(H2,11,12);1H. The Morgan fingerprint density at radius 3 is 2.86 bits per heavy atom. The Kier molecular flexibility index (Phi) is 2.96. The topological polar surface area (TPSA) is 43.8 Å². The van der Waals surface area contributed by atoms with Crippen molar-refractivity contribution in [1.82, 2.24) is 9.55 Å². The average molecular weight is 216 g/mol. The quantitative estimate of drug-likeness (QED) is 0.793. The summed E-state index contributed by atoms with van der Waals surface area (Å²) in [6.45, 7) is 2.72. The maximum Gasteiger partial charge on any atom is 0.201 e. The van der Waals surface area contributed by atoms with Crippen LogP contribution < -0.4 is 5.73 Å². The summed E-state index contributed by atoms with van der Waals surface area (Å²) in [4.78, 5) is 4.05. The number of benzene rings is 1. The van der Waals surface area contributed by atoms with Crippen LogP contribution in [0.1, 0.15) is 6.92 Å². The Labute approximate surface area is 87.1 Å². The van der Waals surface area contributed by atoms with Gasteiger partial charge in [-0.25, -0.2) is 9.37 Å². The number of rotatable bonds is 1. The number of hydrogen-bond acceptors (Lipinski definition) is 2. The van der Waals surface area contributed by atoms with Crippen LogP contribution in [0.4, 0.5) is 10.3 Å². The Bertz CT molecular complexity index is 452. The lowest BCUT2D eigenvalue weighted by Gasteiger charge is -1.99. The molecule has 2 rings (SSSR count). The molecule has 0 spiro atoms. The van der Waals surface area contributed by atoms with Crippen LogP contribution in [0.15, 0.2) is 18.2 Å². The molecule has 0 saturated carbocycles. The van der Waals surface area contributed by atoms with Crippen molar-refractivity contribution in [1.29, 1.82) is 0 Å². The molecule has 0 bridgehead atoms. The summed E-state index contributed by atoms with van der Waals surface area (Å²) in [7, 11) is 0. The summed E-state index contributed by atoms with van der Waals surface area (Å²) < 4.78 is 14.6. The van der Waals surface area contributed by atoms with E-state index in [9.17, 15) is 4.39 Å². The monoisotopic (exact) mass is 215 g/mol. The van der Waals surface area contributed by atoms with Crippen molar-refractivity contribution in [3.63, 3.8) is 0 Å². The molecule has 76 valence electrons. The van der Waals surface area contributed by atoms with Crippen molar-refractivity contribution in [3.05, 3.63) is 24.0 Å². The highest BCUT2D eigenvalue weighted by atomic mass is 35.5. The zero-order valence-corrected chi connectivity index (χ0v) is 8.51. The van der Waals surface area contributed by atoms with E-state index in [2.05, 4.69) is 4.98 Å². The molecule has 0 fully saturated rings. The summed E-state index contributed by atoms with van der Waals surface area (Å²) in [6, 6.07) is 4.49. The lowest BCUT2D eigenvalue weighted by molar-refractivity contribution is 0.629. The lowest BCUT2D eigenvalue weighted by atomic mass is 10.3. The number of aryl methyl sites for hydroxylation is 1. The van der Waals surface area contributed by atoms with Gasteiger partial charge in [0.25, 0.3) is 0 Å². The fraction of sp³-hybridized carbons (Fsp3) is 0.222. The first-order chi connectivity index (χ1) is 6.22. The Morgan fingerprint density at radius 1 is 1.50 bits per heavy atom. The third kappa shape index (κ3) is 1.53. The van der Waals surface area contributed by atoms with Crippen LogP contribution in [0.5, 0.6) is 0 Å². The van der Waals surface area contributed by atoms with E-state index >= 15 is 0 Å². The first-order valence-corrected chi connectivity index (χ1v) is 4.13. The minimum atomic E-state index is -0.284. The Hall–Kier alpha value is -1.29. The van der Waals surface area contributed by atoms with Gasteiger partial charge in [-0.2, -0.15) is 0 Å². The fourth-order valence-corrected chi connectivity index (χ4v) is 1.45. The number of imidazole rings is 1. The predicted molar refractivity (Wildman–Crippen MR) is 57.0 cm³/mol. The van der Waals surface area contributed by atoms with Crippen molar-refractivity contribution < 1.29 is 4.39 Å². The average Bonchev–Trinajstić information content (AvgIpc) is 2.39.